The molecule has 3 aliphatic heterocycles. The molecule has 0 saturated carbocycles. The molecule has 0 aromatic carbocycles. The highest BCUT2D eigenvalue weighted by Crippen LogP contribution is 2.35. The average molecular weight is 553 g/mol. The molecule has 1 aromatic rings. The van der Waals surface area contributed by atoms with Crippen molar-refractivity contribution in [3.05, 3.63) is 12.1 Å². The number of halogens is 3. The van der Waals surface area contributed by atoms with Gasteiger partial charge in [-0.3, -0.25) is 4.21 Å². The highest BCUT2D eigenvalue weighted by Gasteiger charge is 2.47. The molecule has 10 nitrogen and oxygen atoms in total. The number of ether oxygens (including phenoxy) is 3. The molecule has 4 rings (SSSR count). The van der Waals surface area contributed by atoms with Gasteiger partial charge in [0, 0.05) is 74.4 Å². The lowest BCUT2D eigenvalue weighted by Crippen LogP contribution is -2.59. The zero-order valence-electron chi connectivity index (χ0n) is 21.8. The molecular formula is C23H37F3N5O5S-. The number of pyridine rings is 1. The van der Waals surface area contributed by atoms with E-state index in [0.717, 1.165) is 35.5 Å². The summed E-state index contributed by atoms with van der Waals surface area (Å²) in [6, 6.07) is 1.36. The summed E-state index contributed by atoms with van der Waals surface area (Å²) >= 11 is -2.72. The van der Waals surface area contributed by atoms with E-state index >= 15 is 0 Å². The molecule has 3 saturated heterocycles. The van der Waals surface area contributed by atoms with Crippen LogP contribution in [0.4, 0.5) is 24.7 Å². The van der Waals surface area contributed by atoms with Crippen LogP contribution in [0.2, 0.25) is 0 Å². The van der Waals surface area contributed by atoms with Gasteiger partial charge in [-0.25, -0.2) is 4.31 Å². The average Bonchev–Trinajstić information content (AvgIpc) is 2.83. The van der Waals surface area contributed by atoms with Gasteiger partial charge in [0.25, 0.3) is 0 Å². The van der Waals surface area contributed by atoms with Gasteiger partial charge in [0.05, 0.1) is 26.4 Å². The Morgan fingerprint density at radius 2 is 1.78 bits per heavy atom. The van der Waals surface area contributed by atoms with Crippen LogP contribution in [-0.4, -0.2) is 108 Å². The van der Waals surface area contributed by atoms with Crippen LogP contribution in [-0.2, 0) is 20.7 Å². The number of rotatable bonds is 4. The molecule has 0 spiro atoms. The first-order chi connectivity index (χ1) is 17.3. The van der Waals surface area contributed by atoms with Crippen molar-refractivity contribution >= 4 is 22.8 Å². The first-order valence-corrected chi connectivity index (χ1v) is 13.4. The fourth-order valence-electron chi connectivity index (χ4n) is 4.23. The molecule has 3 atom stereocenters. The van der Waals surface area contributed by atoms with Gasteiger partial charge in [-0.1, -0.05) is 0 Å². The Morgan fingerprint density at radius 1 is 1.08 bits per heavy atom. The van der Waals surface area contributed by atoms with Gasteiger partial charge < -0.3 is 33.9 Å². The second-order valence-corrected chi connectivity index (χ2v) is 11.0. The van der Waals surface area contributed by atoms with Crippen LogP contribution < -0.4 is 19.9 Å². The van der Waals surface area contributed by atoms with Gasteiger partial charge in [0.2, 0.25) is 5.88 Å². The lowest BCUT2D eigenvalue weighted by Gasteiger charge is -2.43. The van der Waals surface area contributed by atoms with Crippen molar-refractivity contribution < 1.29 is 36.1 Å². The van der Waals surface area contributed by atoms with Crippen molar-refractivity contribution in [2.45, 2.75) is 51.6 Å². The summed E-state index contributed by atoms with van der Waals surface area (Å²) in [5, 5.41) is 3.16. The maximum absolute atomic E-state index is 13.8. The van der Waals surface area contributed by atoms with Crippen molar-refractivity contribution in [1.82, 2.24) is 14.6 Å². The van der Waals surface area contributed by atoms with E-state index in [0.29, 0.717) is 25.4 Å². The van der Waals surface area contributed by atoms with Gasteiger partial charge in [-0.05, 0) is 27.7 Å². The van der Waals surface area contributed by atoms with Crippen LogP contribution in [0, 0.1) is 0 Å². The molecule has 0 bridgehead atoms. The predicted octanol–water partition coefficient (Wildman–Crippen LogP) is 1.94. The first-order valence-electron chi connectivity index (χ1n) is 12.4. The Morgan fingerprint density at radius 3 is 2.30 bits per heavy atom. The highest BCUT2D eigenvalue weighted by atomic mass is 32.2. The van der Waals surface area contributed by atoms with Crippen molar-refractivity contribution in [3.8, 4) is 5.88 Å². The Bertz CT molecular complexity index is 889. The lowest BCUT2D eigenvalue weighted by atomic mass is 10.1. The molecule has 0 radical (unpaired) electrons. The second-order valence-electron chi connectivity index (χ2n) is 10.1. The summed E-state index contributed by atoms with van der Waals surface area (Å²) in [6.45, 7) is 12.0. The number of piperazine rings is 1. The minimum atomic E-state index is -4.63. The van der Waals surface area contributed by atoms with Crippen molar-refractivity contribution in [2.75, 3.05) is 75.5 Å². The van der Waals surface area contributed by atoms with Crippen molar-refractivity contribution in [1.29, 1.82) is 0 Å². The molecule has 3 fully saturated rings. The Balaban J connectivity index is 0.000000555. The third kappa shape index (κ3) is 8.93. The van der Waals surface area contributed by atoms with Gasteiger partial charge in [0.1, 0.15) is 17.5 Å². The van der Waals surface area contributed by atoms with Crippen molar-refractivity contribution in [2.24, 2.45) is 0 Å². The number of hydrogen-bond acceptors (Lipinski definition) is 9. The molecule has 212 valence electrons. The normalized spacial score (nSPS) is 24.8. The molecule has 3 aliphatic rings. The van der Waals surface area contributed by atoms with E-state index in [1.165, 1.54) is 0 Å². The van der Waals surface area contributed by atoms with E-state index in [9.17, 15) is 21.9 Å². The second kappa shape index (κ2) is 12.9. The van der Waals surface area contributed by atoms with Gasteiger partial charge in [-0.15, -0.1) is 0 Å². The van der Waals surface area contributed by atoms with Crippen LogP contribution in [0.15, 0.2) is 12.1 Å². The molecule has 0 amide bonds. The zero-order chi connectivity index (χ0) is 27.2. The predicted molar refractivity (Wildman–Crippen MR) is 134 cm³/mol. The summed E-state index contributed by atoms with van der Waals surface area (Å²) in [6.07, 6.45) is -4.63. The quantitative estimate of drug-likeness (QED) is 0.562. The number of morpholine rings is 2. The highest BCUT2D eigenvalue weighted by molar-refractivity contribution is 7.76. The van der Waals surface area contributed by atoms with Gasteiger partial charge >= 0.3 is 6.18 Å². The summed E-state index contributed by atoms with van der Waals surface area (Å²) in [5.41, 5.74) is 0.0944. The third-order valence-electron chi connectivity index (χ3n) is 5.96. The van der Waals surface area contributed by atoms with Crippen LogP contribution in [0.3, 0.4) is 0 Å². The fourth-order valence-corrected chi connectivity index (χ4v) is 4.72. The topological polar surface area (TPSA) is 102 Å². The first kappa shape index (κ1) is 29.8. The van der Waals surface area contributed by atoms with E-state index in [-0.39, 0.29) is 30.8 Å². The molecular weight excluding hydrogens is 515 g/mol. The molecule has 2 unspecified atom stereocenters. The Kier molecular flexibility index (Phi) is 10.4. The van der Waals surface area contributed by atoms with Gasteiger partial charge in [0.15, 0.2) is 0 Å². The third-order valence-corrected chi connectivity index (χ3v) is 6.71. The van der Waals surface area contributed by atoms with Crippen LogP contribution >= 0.6 is 0 Å². The number of nitrogens with one attached hydrogen (secondary N) is 1. The summed E-state index contributed by atoms with van der Waals surface area (Å²) in [5.74, 6) is 0.323. The van der Waals surface area contributed by atoms with E-state index in [1.807, 2.05) is 27.7 Å². The lowest BCUT2D eigenvalue weighted by molar-refractivity contribution is -0.153. The summed E-state index contributed by atoms with van der Waals surface area (Å²) in [4.78, 5) is 7.54. The SMILES string of the molecule is C1COCCN1.C[C@@H]1COCCN1c1cc(OC(C)(C)C)nc(N2CCN(S(=O)[O-])CC2C(F)(F)F)c1. The number of aromatic nitrogens is 1. The Labute approximate surface area is 218 Å². The number of anilines is 2. The number of nitrogens with zero attached hydrogens (tertiary/aromatic N) is 4. The molecule has 37 heavy (non-hydrogen) atoms. The Hall–Kier alpha value is -1.71. The molecule has 0 aliphatic carbocycles. The minimum absolute atomic E-state index is 0.0321. The number of hydrogen-bond donors (Lipinski definition) is 1. The zero-order valence-corrected chi connectivity index (χ0v) is 22.6. The van der Waals surface area contributed by atoms with E-state index < -0.39 is 35.6 Å². The van der Waals surface area contributed by atoms with E-state index in [1.54, 1.807) is 12.1 Å². The van der Waals surface area contributed by atoms with Crippen molar-refractivity contribution in [3.63, 3.8) is 0 Å². The monoisotopic (exact) mass is 552 g/mol. The maximum atomic E-state index is 13.8. The summed E-state index contributed by atoms with van der Waals surface area (Å²) < 4.78 is 81.2. The molecule has 4 heterocycles. The summed E-state index contributed by atoms with van der Waals surface area (Å²) in [7, 11) is 0. The van der Waals surface area contributed by atoms with Crippen LogP contribution in [0.5, 0.6) is 5.88 Å². The van der Waals surface area contributed by atoms with E-state index in [4.69, 9.17) is 14.2 Å². The minimum Gasteiger partial charge on any atom is -0.760 e. The molecule has 14 heteroatoms. The smallest absolute Gasteiger partial charge is 0.410 e. The fraction of sp³-hybridized carbons (Fsp3) is 0.783. The largest absolute Gasteiger partial charge is 0.760 e. The van der Waals surface area contributed by atoms with E-state index in [2.05, 4.69) is 15.2 Å². The van der Waals surface area contributed by atoms with Gasteiger partial charge in [-0.2, -0.15) is 18.2 Å². The maximum Gasteiger partial charge on any atom is 0.410 e. The standard InChI is InChI=1S/C19H29F3N4O4S.C4H9NO/c1-13-12-29-8-7-25(13)14-9-16(23-17(10-14)30-18(2,3)4)26-6-5-24(31(27)28)11-15(26)19(20,21)22;1-3-6-4-2-5-1/h9-10,13,15H,5-8,11-12H2,1-4H3,(H,27,28);5H,1-4H2/p-1/t13-,15?;/m1./s1. The molecule has 1 N–H and O–H groups in total. The number of alkyl halides is 3. The molecule has 1 aromatic heterocycles. The van der Waals surface area contributed by atoms with Crippen LogP contribution in [0.1, 0.15) is 27.7 Å². The van der Waals surface area contributed by atoms with Crippen LogP contribution in [0.25, 0.3) is 0 Å².